The fraction of sp³-hybridized carbons (Fsp3) is 0.346. The second-order valence-electron chi connectivity index (χ2n) is 7.97. The van der Waals surface area contributed by atoms with E-state index in [0.717, 1.165) is 22.5 Å². The molecule has 0 saturated heterocycles. The molecule has 10 heteroatoms. The van der Waals surface area contributed by atoms with E-state index in [0.29, 0.717) is 5.56 Å². The zero-order chi connectivity index (χ0) is 27.6. The van der Waals surface area contributed by atoms with Crippen molar-refractivity contribution in [2.24, 2.45) is 0 Å². The van der Waals surface area contributed by atoms with Crippen molar-refractivity contribution in [2.45, 2.75) is 19.3 Å². The zero-order valence-corrected chi connectivity index (χ0v) is 22.7. The highest BCUT2D eigenvalue weighted by Crippen LogP contribution is 2.45. The summed E-state index contributed by atoms with van der Waals surface area (Å²) in [6.07, 6.45) is 1.69. The van der Waals surface area contributed by atoms with Crippen LogP contribution in [0.4, 0.5) is 15.8 Å². The molecule has 0 aliphatic carbocycles. The number of methoxy groups -OCH3 is 3. The van der Waals surface area contributed by atoms with E-state index in [4.69, 9.17) is 9.47 Å². The van der Waals surface area contributed by atoms with E-state index in [9.17, 15) is 14.9 Å². The van der Waals surface area contributed by atoms with Crippen LogP contribution in [0.2, 0.25) is 0 Å². The summed E-state index contributed by atoms with van der Waals surface area (Å²) in [5, 5.41) is 16.4. The molecule has 0 radical (unpaired) electrons. The molecule has 8 nitrogen and oxygen atoms in total. The quantitative estimate of drug-likeness (QED) is 0.182. The number of fused-ring (bicyclic) bond motifs is 1. The highest BCUT2D eigenvalue weighted by Gasteiger charge is 2.39. The van der Waals surface area contributed by atoms with Gasteiger partial charge in [0.25, 0.3) is 0 Å². The molecule has 0 fully saturated rings. The Kier molecular flexibility index (Phi) is 11.6. The monoisotopic (exact) mass is 520 g/mol. The Morgan fingerprint density at radius 3 is 2.08 bits per heavy atom. The van der Waals surface area contributed by atoms with Crippen LogP contribution in [0.25, 0.3) is 21.9 Å². The van der Waals surface area contributed by atoms with Crippen molar-refractivity contribution in [2.75, 3.05) is 47.1 Å². The normalized spacial score (nSPS) is 10.4. The Hall–Kier alpha value is -3.37. The summed E-state index contributed by atoms with van der Waals surface area (Å²) in [5.41, 5.74) is -0.662. The number of carbonyl (C=O) groups excluding carboxylic acids is 1. The number of esters is 1. The van der Waals surface area contributed by atoms with Gasteiger partial charge in [-0.3, -0.25) is 14.9 Å². The molecule has 3 rings (SSSR count). The molecular weight excluding hydrogens is 487 g/mol. The van der Waals surface area contributed by atoms with Gasteiger partial charge in [0.15, 0.2) is 0 Å². The van der Waals surface area contributed by atoms with Crippen molar-refractivity contribution in [1.29, 1.82) is 0 Å². The lowest BCUT2D eigenvalue weighted by molar-refractivity contribution is -0.387. The van der Waals surface area contributed by atoms with Crippen LogP contribution in [0.1, 0.15) is 19.4 Å². The van der Waals surface area contributed by atoms with Crippen molar-refractivity contribution < 1.29 is 28.3 Å². The zero-order valence-electron chi connectivity index (χ0n) is 21.8. The number of ether oxygens (including phenoxy) is 3. The SMILES string of the molecule is CNc1ccc2cc(-c3c(F)c([N+](=O)[O-])cc(C(C)(C)C(=O)OC)c3OC)ccc2c1.COC.CS. The minimum atomic E-state index is -1.31. The summed E-state index contributed by atoms with van der Waals surface area (Å²) in [6, 6.07) is 11.9. The average molecular weight is 521 g/mol. The van der Waals surface area contributed by atoms with Crippen LogP contribution >= 0.6 is 12.6 Å². The molecule has 3 aromatic carbocycles. The Morgan fingerprint density at radius 1 is 1.03 bits per heavy atom. The van der Waals surface area contributed by atoms with Crippen molar-refractivity contribution in [3.05, 3.63) is 64.0 Å². The molecule has 36 heavy (non-hydrogen) atoms. The van der Waals surface area contributed by atoms with E-state index in [2.05, 4.69) is 22.7 Å². The second-order valence-corrected chi connectivity index (χ2v) is 7.97. The maximum atomic E-state index is 15.4. The summed E-state index contributed by atoms with van der Waals surface area (Å²) >= 11 is 3.53. The Balaban J connectivity index is 0.00000120. The van der Waals surface area contributed by atoms with Gasteiger partial charge in [0.2, 0.25) is 5.82 Å². The van der Waals surface area contributed by atoms with Gasteiger partial charge >= 0.3 is 11.7 Å². The predicted octanol–water partition coefficient (Wildman–Crippen LogP) is 5.86. The third kappa shape index (κ3) is 6.44. The molecule has 0 amide bonds. The van der Waals surface area contributed by atoms with Crippen LogP contribution in [0.5, 0.6) is 5.75 Å². The van der Waals surface area contributed by atoms with Gasteiger partial charge < -0.3 is 19.5 Å². The summed E-state index contributed by atoms with van der Waals surface area (Å²) in [4.78, 5) is 23.2. The van der Waals surface area contributed by atoms with Crippen molar-refractivity contribution in [3.8, 4) is 16.9 Å². The Bertz CT molecular complexity index is 1220. The number of nitro groups is 1. The van der Waals surface area contributed by atoms with Crippen LogP contribution < -0.4 is 10.1 Å². The number of benzene rings is 3. The maximum absolute atomic E-state index is 15.4. The molecule has 0 bridgehead atoms. The average Bonchev–Trinajstić information content (AvgIpc) is 2.88. The van der Waals surface area contributed by atoms with Crippen LogP contribution in [-0.4, -0.2) is 52.6 Å². The summed E-state index contributed by atoms with van der Waals surface area (Å²) < 4.78 is 30.0. The molecule has 0 unspecified atom stereocenters. The number of halogens is 1. The van der Waals surface area contributed by atoms with Crippen LogP contribution in [0, 0.1) is 15.9 Å². The molecule has 0 heterocycles. The summed E-state index contributed by atoms with van der Waals surface area (Å²) in [7, 11) is 7.61. The third-order valence-electron chi connectivity index (χ3n) is 5.38. The maximum Gasteiger partial charge on any atom is 0.315 e. The van der Waals surface area contributed by atoms with Gasteiger partial charge in [-0.05, 0) is 54.6 Å². The number of carbonyl (C=O) groups is 1. The van der Waals surface area contributed by atoms with Crippen molar-refractivity contribution in [3.63, 3.8) is 0 Å². The second kappa shape index (κ2) is 13.6. The first-order valence-corrected chi connectivity index (χ1v) is 11.7. The number of thiol groups is 1. The van der Waals surface area contributed by atoms with Gasteiger partial charge in [0.05, 0.1) is 30.1 Å². The lowest BCUT2D eigenvalue weighted by atomic mass is 9.81. The van der Waals surface area contributed by atoms with E-state index in [-0.39, 0.29) is 16.9 Å². The molecule has 0 aliphatic heterocycles. The standard InChI is InChI=1S/C23H23FN2O5.C2H6O.CH4S/c1-23(2,22(27)31-5)17-12-18(26(28)29)20(24)19(21(17)30-4)15-7-6-14-11-16(25-3)9-8-13(14)10-15;1-3-2;1-2/h6-12,25H,1-5H3;1-2H3;2H,1H3. The lowest BCUT2D eigenvalue weighted by Gasteiger charge is -2.26. The van der Waals surface area contributed by atoms with Gasteiger partial charge in [-0.15, -0.1) is 0 Å². The minimum absolute atomic E-state index is 0.0460. The molecule has 0 atom stereocenters. The molecule has 0 aromatic heterocycles. The third-order valence-corrected chi connectivity index (χ3v) is 5.38. The topological polar surface area (TPSA) is 99.9 Å². The fourth-order valence-corrected chi connectivity index (χ4v) is 3.62. The number of nitrogens with one attached hydrogen (secondary N) is 1. The fourth-order valence-electron chi connectivity index (χ4n) is 3.62. The molecule has 1 N–H and O–H groups in total. The molecule has 3 aromatic rings. The number of hydrogen-bond acceptors (Lipinski definition) is 8. The number of nitro benzene ring substituents is 1. The number of nitrogens with zero attached hydrogens (tertiary/aromatic N) is 1. The van der Waals surface area contributed by atoms with Crippen LogP contribution in [-0.2, 0) is 19.7 Å². The Labute approximate surface area is 216 Å². The minimum Gasteiger partial charge on any atom is -0.496 e. The van der Waals surface area contributed by atoms with Crippen molar-refractivity contribution in [1.82, 2.24) is 0 Å². The van der Waals surface area contributed by atoms with Gasteiger partial charge in [-0.2, -0.15) is 17.0 Å². The van der Waals surface area contributed by atoms with Crippen LogP contribution in [0.3, 0.4) is 0 Å². The van der Waals surface area contributed by atoms with Crippen molar-refractivity contribution >= 4 is 40.7 Å². The van der Waals surface area contributed by atoms with Gasteiger partial charge in [-0.1, -0.05) is 18.2 Å². The van der Waals surface area contributed by atoms with E-state index < -0.39 is 27.8 Å². The number of hydrogen-bond donors (Lipinski definition) is 2. The summed E-state index contributed by atoms with van der Waals surface area (Å²) in [5.74, 6) is -1.61. The highest BCUT2D eigenvalue weighted by molar-refractivity contribution is 7.79. The highest BCUT2D eigenvalue weighted by atomic mass is 32.1. The van der Waals surface area contributed by atoms with Gasteiger partial charge in [0.1, 0.15) is 5.75 Å². The smallest absolute Gasteiger partial charge is 0.315 e. The molecule has 0 spiro atoms. The molecule has 0 saturated carbocycles. The van der Waals surface area contributed by atoms with E-state index >= 15 is 4.39 Å². The largest absolute Gasteiger partial charge is 0.496 e. The van der Waals surface area contributed by atoms with E-state index in [1.165, 1.54) is 14.2 Å². The summed E-state index contributed by atoms with van der Waals surface area (Å²) in [6.45, 7) is 3.09. The number of rotatable bonds is 6. The molecule has 0 aliphatic rings. The lowest BCUT2D eigenvalue weighted by Crippen LogP contribution is -2.31. The first kappa shape index (κ1) is 30.7. The van der Waals surface area contributed by atoms with Gasteiger partial charge in [0, 0.05) is 38.6 Å². The Morgan fingerprint density at radius 2 is 1.58 bits per heavy atom. The first-order chi connectivity index (χ1) is 17.1. The van der Waals surface area contributed by atoms with Crippen LogP contribution in [0.15, 0.2) is 42.5 Å². The van der Waals surface area contributed by atoms with Gasteiger partial charge in [-0.25, -0.2) is 0 Å². The van der Waals surface area contributed by atoms with E-state index in [1.54, 1.807) is 52.5 Å². The van der Waals surface area contributed by atoms with E-state index in [1.807, 2.05) is 25.2 Å². The predicted molar refractivity (Wildman–Crippen MR) is 145 cm³/mol. The molecular formula is C26H33FN2O6S. The first-order valence-electron chi connectivity index (χ1n) is 10.8. The molecule has 196 valence electrons. The number of anilines is 1.